The number of fused-ring (bicyclic) bond motifs is 1. The molecule has 26 heavy (non-hydrogen) atoms. The number of hydrogen-bond acceptors (Lipinski definition) is 7. The van der Waals surface area contributed by atoms with Gasteiger partial charge in [-0.25, -0.2) is 19.9 Å². The fraction of sp³-hybridized carbons (Fsp3) is 0.118. The summed E-state index contributed by atoms with van der Waals surface area (Å²) in [6, 6.07) is 7.63. The molecule has 0 radical (unpaired) electrons. The van der Waals surface area contributed by atoms with Gasteiger partial charge in [0, 0.05) is 0 Å². The van der Waals surface area contributed by atoms with Gasteiger partial charge in [-0.15, -0.1) is 0 Å². The largest absolute Gasteiger partial charge is 0.443 e. The van der Waals surface area contributed by atoms with Crippen molar-refractivity contribution in [3.05, 3.63) is 53.9 Å². The number of benzene rings is 1. The number of imidazole rings is 1. The summed E-state index contributed by atoms with van der Waals surface area (Å²) in [6.45, 7) is 1.93. The van der Waals surface area contributed by atoms with Gasteiger partial charge >= 0.3 is 0 Å². The van der Waals surface area contributed by atoms with Crippen LogP contribution in [0, 0.1) is 6.92 Å². The topological polar surface area (TPSA) is 136 Å². The van der Waals surface area contributed by atoms with Gasteiger partial charge in [0.1, 0.15) is 17.8 Å². The third-order valence-electron chi connectivity index (χ3n) is 3.80. The molecule has 0 saturated heterocycles. The monoisotopic (exact) mass is 349 g/mol. The highest BCUT2D eigenvalue weighted by Gasteiger charge is 2.18. The first-order valence-corrected chi connectivity index (χ1v) is 7.87. The second kappa shape index (κ2) is 6.28. The molecule has 0 saturated carbocycles. The van der Waals surface area contributed by atoms with Crippen molar-refractivity contribution in [1.29, 1.82) is 0 Å². The van der Waals surface area contributed by atoms with E-state index < -0.39 is 5.91 Å². The maximum absolute atomic E-state index is 12.4. The molecule has 0 aliphatic rings. The fourth-order valence-electron chi connectivity index (χ4n) is 2.58. The van der Waals surface area contributed by atoms with E-state index in [4.69, 9.17) is 10.2 Å². The molecule has 1 aromatic carbocycles. The lowest BCUT2D eigenvalue weighted by Crippen LogP contribution is -2.26. The number of aromatic amines is 1. The number of oxazole rings is 1. The molecule has 3 aromatic heterocycles. The van der Waals surface area contributed by atoms with Crippen molar-refractivity contribution in [2.24, 2.45) is 0 Å². The first-order valence-electron chi connectivity index (χ1n) is 7.87. The molecule has 3 heterocycles. The van der Waals surface area contributed by atoms with Crippen molar-refractivity contribution in [2.75, 3.05) is 5.73 Å². The number of aromatic nitrogens is 5. The van der Waals surface area contributed by atoms with Crippen molar-refractivity contribution in [3.8, 4) is 11.6 Å². The van der Waals surface area contributed by atoms with E-state index in [0.717, 1.165) is 11.0 Å². The Morgan fingerprint density at radius 1 is 1.27 bits per heavy atom. The minimum absolute atomic E-state index is 0.00547. The second-order valence-electron chi connectivity index (χ2n) is 5.61. The molecule has 0 aliphatic heterocycles. The summed E-state index contributed by atoms with van der Waals surface area (Å²) in [4.78, 5) is 32.5. The Balaban J connectivity index is 1.53. The highest BCUT2D eigenvalue weighted by atomic mass is 16.3. The van der Waals surface area contributed by atoms with Crippen LogP contribution in [0.3, 0.4) is 0 Å². The van der Waals surface area contributed by atoms with Gasteiger partial charge in [-0.3, -0.25) is 4.79 Å². The van der Waals surface area contributed by atoms with Gasteiger partial charge in [0.15, 0.2) is 11.5 Å². The summed E-state index contributed by atoms with van der Waals surface area (Å²) < 4.78 is 5.21. The number of amides is 1. The van der Waals surface area contributed by atoms with Gasteiger partial charge in [-0.05, 0) is 19.1 Å². The Morgan fingerprint density at radius 2 is 2.12 bits per heavy atom. The maximum Gasteiger partial charge on any atom is 0.274 e. The molecule has 0 atom stereocenters. The zero-order valence-corrected chi connectivity index (χ0v) is 13.9. The molecular formula is C17H15N7O2. The van der Waals surface area contributed by atoms with E-state index in [0.29, 0.717) is 23.1 Å². The van der Waals surface area contributed by atoms with Crippen LogP contribution in [0.4, 0.5) is 5.82 Å². The number of aryl methyl sites for hydroxylation is 1. The summed E-state index contributed by atoms with van der Waals surface area (Å²) in [7, 11) is 0. The van der Waals surface area contributed by atoms with Crippen LogP contribution in [-0.2, 0) is 6.54 Å². The van der Waals surface area contributed by atoms with Crippen molar-refractivity contribution in [1.82, 2.24) is 30.2 Å². The number of carbonyl (C=O) groups is 1. The molecule has 4 N–H and O–H groups in total. The number of nitrogens with two attached hydrogens (primary N) is 1. The van der Waals surface area contributed by atoms with Crippen LogP contribution in [0.5, 0.6) is 0 Å². The van der Waals surface area contributed by atoms with Crippen LogP contribution in [0.1, 0.15) is 22.0 Å². The Bertz CT molecular complexity index is 1050. The molecular weight excluding hydrogens is 334 g/mol. The molecule has 9 heteroatoms. The number of H-pyrrole nitrogens is 1. The molecule has 0 bridgehead atoms. The number of nitrogen functional groups attached to an aromatic ring is 1. The standard InChI is InChI=1S/C17H15N7O2/c1-9-13(17-19-6-7-26-17)24-15(18)14(21-9)16(25)20-8-12-22-10-4-2-3-5-11(10)23-12/h2-7H,8H2,1H3,(H2,18,24)(H,20,25)(H,22,23). The van der Waals surface area contributed by atoms with Gasteiger partial charge in [-0.1, -0.05) is 12.1 Å². The van der Waals surface area contributed by atoms with E-state index in [-0.39, 0.29) is 18.1 Å². The van der Waals surface area contributed by atoms with Crippen LogP contribution in [0.2, 0.25) is 0 Å². The molecule has 130 valence electrons. The van der Waals surface area contributed by atoms with E-state index in [9.17, 15) is 4.79 Å². The highest BCUT2D eigenvalue weighted by Crippen LogP contribution is 2.20. The highest BCUT2D eigenvalue weighted by molar-refractivity contribution is 5.96. The average molecular weight is 349 g/mol. The van der Waals surface area contributed by atoms with E-state index in [1.807, 2.05) is 24.3 Å². The maximum atomic E-state index is 12.4. The van der Waals surface area contributed by atoms with Crippen LogP contribution < -0.4 is 11.1 Å². The third kappa shape index (κ3) is 2.86. The molecule has 0 fully saturated rings. The van der Waals surface area contributed by atoms with E-state index in [1.54, 1.807) is 6.92 Å². The Hall–Kier alpha value is -3.75. The summed E-state index contributed by atoms with van der Waals surface area (Å²) in [6.07, 6.45) is 2.93. The number of rotatable bonds is 4. The lowest BCUT2D eigenvalue weighted by Gasteiger charge is -2.08. The fourth-order valence-corrected chi connectivity index (χ4v) is 2.58. The second-order valence-corrected chi connectivity index (χ2v) is 5.61. The number of nitrogens with zero attached hydrogens (tertiary/aromatic N) is 4. The van der Waals surface area contributed by atoms with Crippen molar-refractivity contribution in [3.63, 3.8) is 0 Å². The lowest BCUT2D eigenvalue weighted by molar-refractivity contribution is 0.0945. The van der Waals surface area contributed by atoms with E-state index in [2.05, 4.69) is 30.2 Å². The van der Waals surface area contributed by atoms with Gasteiger partial charge in [0.05, 0.1) is 29.5 Å². The van der Waals surface area contributed by atoms with Gasteiger partial charge in [-0.2, -0.15) is 0 Å². The number of para-hydroxylation sites is 2. The average Bonchev–Trinajstić information content (AvgIpc) is 3.30. The minimum atomic E-state index is -0.433. The molecule has 4 aromatic rings. The van der Waals surface area contributed by atoms with Crippen LogP contribution in [0.15, 0.2) is 41.1 Å². The molecule has 0 aliphatic carbocycles. The summed E-state index contributed by atoms with van der Waals surface area (Å²) in [5, 5.41) is 2.74. The smallest absolute Gasteiger partial charge is 0.274 e. The summed E-state index contributed by atoms with van der Waals surface area (Å²) in [5.41, 5.74) is 8.59. The zero-order valence-electron chi connectivity index (χ0n) is 13.9. The molecule has 0 unspecified atom stereocenters. The number of hydrogen-bond donors (Lipinski definition) is 3. The normalized spacial score (nSPS) is 11.0. The zero-order chi connectivity index (χ0) is 18.1. The first-order chi connectivity index (χ1) is 12.6. The Kier molecular flexibility index (Phi) is 3.81. The predicted octanol–water partition coefficient (Wildman–Crippen LogP) is 1.83. The Morgan fingerprint density at radius 3 is 2.88 bits per heavy atom. The van der Waals surface area contributed by atoms with Crippen molar-refractivity contribution < 1.29 is 9.21 Å². The predicted molar refractivity (Wildman–Crippen MR) is 93.9 cm³/mol. The van der Waals surface area contributed by atoms with Crippen molar-refractivity contribution >= 4 is 22.8 Å². The van der Waals surface area contributed by atoms with Gasteiger partial charge in [0.2, 0.25) is 5.89 Å². The summed E-state index contributed by atoms with van der Waals surface area (Å²) >= 11 is 0. The van der Waals surface area contributed by atoms with Crippen molar-refractivity contribution in [2.45, 2.75) is 13.5 Å². The molecule has 1 amide bonds. The number of nitrogens with one attached hydrogen (secondary N) is 2. The van der Waals surface area contributed by atoms with E-state index >= 15 is 0 Å². The quantitative estimate of drug-likeness (QED) is 0.511. The summed E-state index contributed by atoms with van der Waals surface area (Å²) in [5.74, 6) is 0.513. The van der Waals surface area contributed by atoms with Gasteiger partial charge in [0.25, 0.3) is 5.91 Å². The van der Waals surface area contributed by atoms with Crippen LogP contribution in [0.25, 0.3) is 22.6 Å². The molecule has 9 nitrogen and oxygen atoms in total. The minimum Gasteiger partial charge on any atom is -0.443 e. The van der Waals surface area contributed by atoms with E-state index in [1.165, 1.54) is 12.5 Å². The Labute approximate surface area is 147 Å². The SMILES string of the molecule is Cc1nc(C(=O)NCc2nc3ccccc3[nH]2)c(N)nc1-c1ncco1. The van der Waals surface area contributed by atoms with Gasteiger partial charge < -0.3 is 20.5 Å². The molecule has 4 rings (SSSR count). The number of carbonyl (C=O) groups excluding carboxylic acids is 1. The first kappa shape index (κ1) is 15.8. The number of anilines is 1. The molecule has 0 spiro atoms. The van der Waals surface area contributed by atoms with Crippen LogP contribution >= 0.6 is 0 Å². The van der Waals surface area contributed by atoms with Crippen LogP contribution in [-0.4, -0.2) is 30.8 Å². The third-order valence-corrected chi connectivity index (χ3v) is 3.80. The lowest BCUT2D eigenvalue weighted by atomic mass is 10.2.